The Labute approximate surface area is 187 Å². The number of amides is 3. The Morgan fingerprint density at radius 3 is 2.59 bits per heavy atom. The molecule has 1 aromatic heterocycles. The predicted molar refractivity (Wildman–Crippen MR) is 119 cm³/mol. The van der Waals surface area contributed by atoms with Crippen LogP contribution in [0, 0.1) is 0 Å². The number of hydrogen-bond donors (Lipinski definition) is 4. The van der Waals surface area contributed by atoms with Crippen LogP contribution in [0.2, 0.25) is 0 Å². The minimum absolute atomic E-state index is 0.0551. The molecule has 9 nitrogen and oxygen atoms in total. The molecular formula is C23H30N4O5. The van der Waals surface area contributed by atoms with Crippen LogP contribution in [-0.4, -0.2) is 60.5 Å². The molecule has 3 rings (SSSR count). The fourth-order valence-corrected chi connectivity index (χ4v) is 3.64. The van der Waals surface area contributed by atoms with Crippen LogP contribution in [0.1, 0.15) is 24.8 Å². The van der Waals surface area contributed by atoms with Gasteiger partial charge < -0.3 is 30.5 Å². The molecule has 0 aliphatic carbocycles. The second kappa shape index (κ2) is 12.0. The van der Waals surface area contributed by atoms with Crippen LogP contribution in [0.4, 0.5) is 10.5 Å². The van der Waals surface area contributed by atoms with Crippen molar-refractivity contribution in [3.05, 3.63) is 54.4 Å². The summed E-state index contributed by atoms with van der Waals surface area (Å²) >= 11 is 0. The van der Waals surface area contributed by atoms with Crippen molar-refractivity contribution < 1.29 is 24.2 Å². The monoisotopic (exact) mass is 442 g/mol. The highest BCUT2D eigenvalue weighted by molar-refractivity contribution is 5.89. The zero-order valence-corrected chi connectivity index (χ0v) is 18.1. The third-order valence-corrected chi connectivity index (χ3v) is 5.36. The number of aromatic nitrogens is 1. The number of carbonyl (C=O) groups is 2. The van der Waals surface area contributed by atoms with Crippen molar-refractivity contribution in [1.29, 1.82) is 0 Å². The molecule has 0 saturated carbocycles. The van der Waals surface area contributed by atoms with E-state index in [2.05, 4.69) is 20.9 Å². The smallest absolute Gasteiger partial charge is 0.319 e. The van der Waals surface area contributed by atoms with Gasteiger partial charge in [0.2, 0.25) is 5.91 Å². The van der Waals surface area contributed by atoms with Crippen molar-refractivity contribution in [2.24, 2.45) is 0 Å². The molecule has 1 aliphatic heterocycles. The first-order chi connectivity index (χ1) is 15.6. The Bertz CT molecular complexity index is 862. The first-order valence-electron chi connectivity index (χ1n) is 10.7. The topological polar surface area (TPSA) is 122 Å². The first-order valence-corrected chi connectivity index (χ1v) is 10.7. The van der Waals surface area contributed by atoms with Crippen molar-refractivity contribution in [2.45, 2.75) is 43.9 Å². The molecule has 2 aromatic rings. The Morgan fingerprint density at radius 1 is 1.16 bits per heavy atom. The van der Waals surface area contributed by atoms with Gasteiger partial charge in [-0.15, -0.1) is 0 Å². The number of methoxy groups -OCH3 is 1. The van der Waals surface area contributed by atoms with Gasteiger partial charge in [-0.25, -0.2) is 4.79 Å². The summed E-state index contributed by atoms with van der Waals surface area (Å²) in [5.74, 6) is 0.650. The summed E-state index contributed by atoms with van der Waals surface area (Å²) in [5, 5.41) is 18.3. The number of pyridine rings is 1. The van der Waals surface area contributed by atoms with E-state index in [-0.39, 0.29) is 30.7 Å². The number of benzene rings is 1. The summed E-state index contributed by atoms with van der Waals surface area (Å²) in [5.41, 5.74) is 1.55. The second-order valence-corrected chi connectivity index (χ2v) is 7.66. The van der Waals surface area contributed by atoms with Crippen LogP contribution in [0.5, 0.6) is 5.75 Å². The average molecular weight is 443 g/mol. The Morgan fingerprint density at radius 2 is 1.91 bits per heavy atom. The third kappa shape index (κ3) is 7.21. The van der Waals surface area contributed by atoms with E-state index in [4.69, 9.17) is 9.47 Å². The maximum absolute atomic E-state index is 12.3. The number of hydrogen-bond acceptors (Lipinski definition) is 6. The summed E-state index contributed by atoms with van der Waals surface area (Å²) in [7, 11) is 1.58. The molecule has 0 unspecified atom stereocenters. The average Bonchev–Trinajstić information content (AvgIpc) is 2.81. The van der Waals surface area contributed by atoms with Gasteiger partial charge in [-0.3, -0.25) is 9.78 Å². The minimum atomic E-state index is -0.497. The molecule has 0 bridgehead atoms. The number of aliphatic hydroxyl groups is 1. The molecule has 1 fully saturated rings. The van der Waals surface area contributed by atoms with Gasteiger partial charge in [-0.1, -0.05) is 0 Å². The molecule has 172 valence electrons. The van der Waals surface area contributed by atoms with E-state index in [1.165, 1.54) is 0 Å². The quantitative estimate of drug-likeness (QED) is 0.470. The van der Waals surface area contributed by atoms with Gasteiger partial charge in [0.25, 0.3) is 0 Å². The van der Waals surface area contributed by atoms with Gasteiger partial charge in [0.1, 0.15) is 11.9 Å². The molecule has 1 aliphatic rings. The lowest BCUT2D eigenvalue weighted by atomic mass is 9.97. The molecule has 0 spiro atoms. The van der Waals surface area contributed by atoms with Crippen molar-refractivity contribution in [3.63, 3.8) is 0 Å². The van der Waals surface area contributed by atoms with Gasteiger partial charge in [0, 0.05) is 24.6 Å². The van der Waals surface area contributed by atoms with Crippen LogP contribution in [0.3, 0.4) is 0 Å². The van der Waals surface area contributed by atoms with Crippen molar-refractivity contribution >= 4 is 17.6 Å². The number of rotatable bonds is 9. The first kappa shape index (κ1) is 23.5. The maximum Gasteiger partial charge on any atom is 0.319 e. The highest BCUT2D eigenvalue weighted by Crippen LogP contribution is 2.22. The minimum Gasteiger partial charge on any atom is -0.497 e. The second-order valence-electron chi connectivity index (χ2n) is 7.66. The number of nitrogens with one attached hydrogen (secondary N) is 3. The summed E-state index contributed by atoms with van der Waals surface area (Å²) in [4.78, 5) is 28.3. The zero-order chi connectivity index (χ0) is 22.8. The van der Waals surface area contributed by atoms with Gasteiger partial charge in [-0.05, 0) is 61.2 Å². The van der Waals surface area contributed by atoms with Crippen LogP contribution < -0.4 is 20.7 Å². The molecule has 3 atom stereocenters. The van der Waals surface area contributed by atoms with Gasteiger partial charge >= 0.3 is 6.03 Å². The van der Waals surface area contributed by atoms with Crippen molar-refractivity contribution in [1.82, 2.24) is 15.6 Å². The Kier molecular flexibility index (Phi) is 8.82. The van der Waals surface area contributed by atoms with E-state index in [1.807, 2.05) is 12.1 Å². The lowest BCUT2D eigenvalue weighted by Crippen LogP contribution is -2.52. The summed E-state index contributed by atoms with van der Waals surface area (Å²) in [6.45, 7) is 0.293. The van der Waals surface area contributed by atoms with Crippen LogP contribution >= 0.6 is 0 Å². The van der Waals surface area contributed by atoms with Gasteiger partial charge in [-0.2, -0.15) is 0 Å². The molecule has 3 amide bonds. The molecule has 9 heteroatoms. The summed E-state index contributed by atoms with van der Waals surface area (Å²) < 4.78 is 11.1. The Balaban J connectivity index is 1.39. The molecule has 1 saturated heterocycles. The maximum atomic E-state index is 12.3. The van der Waals surface area contributed by atoms with Crippen LogP contribution in [0.25, 0.3) is 0 Å². The third-order valence-electron chi connectivity index (χ3n) is 5.36. The number of anilines is 1. The molecule has 4 N–H and O–H groups in total. The van der Waals surface area contributed by atoms with Gasteiger partial charge in [0.15, 0.2) is 0 Å². The fraction of sp³-hybridized carbons (Fsp3) is 0.435. The van der Waals surface area contributed by atoms with E-state index in [0.717, 1.165) is 12.0 Å². The number of aliphatic hydroxyl groups excluding tert-OH is 1. The zero-order valence-electron chi connectivity index (χ0n) is 18.1. The lowest BCUT2D eigenvalue weighted by molar-refractivity contribution is -0.121. The lowest BCUT2D eigenvalue weighted by Gasteiger charge is -2.36. The van der Waals surface area contributed by atoms with E-state index in [9.17, 15) is 14.7 Å². The molecule has 1 aromatic carbocycles. The normalized spacial score (nSPS) is 20.2. The number of carbonyl (C=O) groups excluding carboxylic acids is 2. The predicted octanol–water partition coefficient (Wildman–Crippen LogP) is 1.87. The molecular weight excluding hydrogens is 412 g/mol. The molecule has 32 heavy (non-hydrogen) atoms. The highest BCUT2D eigenvalue weighted by atomic mass is 16.5. The van der Waals surface area contributed by atoms with Crippen molar-refractivity contribution in [3.8, 4) is 5.75 Å². The van der Waals surface area contributed by atoms with E-state index >= 15 is 0 Å². The Hall–Kier alpha value is -3.17. The van der Waals surface area contributed by atoms with E-state index < -0.39 is 6.10 Å². The number of nitrogens with zero attached hydrogens (tertiary/aromatic N) is 1. The van der Waals surface area contributed by atoms with E-state index in [1.54, 1.807) is 43.8 Å². The van der Waals surface area contributed by atoms with Crippen LogP contribution in [0.15, 0.2) is 48.8 Å². The SMILES string of the molecule is COc1ccc(NC(=O)N[C@H]2CC[C@H](CCNC(=O)Cc3ccncc3)O[C@H]2CO)cc1. The van der Waals surface area contributed by atoms with Crippen molar-refractivity contribution in [2.75, 3.05) is 25.6 Å². The summed E-state index contributed by atoms with van der Waals surface area (Å²) in [6, 6.07) is 9.99. The van der Waals surface area contributed by atoms with Crippen LogP contribution in [-0.2, 0) is 16.0 Å². The largest absolute Gasteiger partial charge is 0.497 e. The summed E-state index contributed by atoms with van der Waals surface area (Å²) in [6.07, 6.45) is 5.09. The highest BCUT2D eigenvalue weighted by Gasteiger charge is 2.31. The molecule has 0 radical (unpaired) electrons. The standard InChI is InChI=1S/C23H30N4O5/c1-31-18-4-2-17(3-5-18)26-23(30)27-20-7-6-19(32-21(20)15-28)10-13-25-22(29)14-16-8-11-24-12-9-16/h2-5,8-9,11-12,19-21,28H,6-7,10,13-15H2,1H3,(H,25,29)(H2,26,27,30)/t19-,20+,21+/m1/s1. The molecule has 2 heterocycles. The number of ether oxygens (including phenoxy) is 2. The van der Waals surface area contributed by atoms with Gasteiger partial charge in [0.05, 0.1) is 32.3 Å². The number of urea groups is 1. The fourth-order valence-electron chi connectivity index (χ4n) is 3.64. The van der Waals surface area contributed by atoms with E-state index in [0.29, 0.717) is 37.2 Å².